The van der Waals surface area contributed by atoms with Crippen molar-refractivity contribution in [3.63, 3.8) is 0 Å². The van der Waals surface area contributed by atoms with Gasteiger partial charge in [0.1, 0.15) is 0 Å². The van der Waals surface area contributed by atoms with E-state index in [1.165, 1.54) is 71.3 Å². The van der Waals surface area contributed by atoms with Gasteiger partial charge in [0.05, 0.1) is 0 Å². The lowest BCUT2D eigenvalue weighted by Crippen LogP contribution is -2.51. The van der Waals surface area contributed by atoms with Gasteiger partial charge in [-0.3, -0.25) is 0 Å². The highest BCUT2D eigenvalue weighted by molar-refractivity contribution is 6.82. The average molecular weight is 855 g/mol. The van der Waals surface area contributed by atoms with Gasteiger partial charge in [-0.15, -0.1) is 0 Å². The van der Waals surface area contributed by atoms with Crippen molar-refractivity contribution in [2.24, 2.45) is 0 Å². The van der Waals surface area contributed by atoms with Crippen molar-refractivity contribution in [2.45, 2.75) is 103 Å². The van der Waals surface area contributed by atoms with Crippen LogP contribution in [0.1, 0.15) is 97.6 Å². The van der Waals surface area contributed by atoms with Crippen LogP contribution in [-0.4, -0.2) is 67.5 Å². The molecular weight excluding hydrogens is 789 g/mol. The number of fused-ring (bicyclic) bond motifs is 2. The van der Waals surface area contributed by atoms with Crippen molar-refractivity contribution in [2.75, 3.05) is 50.9 Å². The van der Waals surface area contributed by atoms with Crippen molar-refractivity contribution in [1.82, 2.24) is 19.0 Å². The van der Waals surface area contributed by atoms with E-state index in [0.717, 1.165) is 55.2 Å². The minimum atomic E-state index is -1.99. The Labute approximate surface area is 361 Å². The zero-order chi connectivity index (χ0) is 42.9. The highest BCUT2D eigenvalue weighted by atomic mass is 28.3. The second-order valence-corrected chi connectivity index (χ2v) is 23.9. The van der Waals surface area contributed by atoms with Crippen molar-refractivity contribution in [3.05, 3.63) is 120 Å². The van der Waals surface area contributed by atoms with Crippen LogP contribution in [0.3, 0.4) is 0 Å². The Morgan fingerprint density at radius 2 is 0.984 bits per heavy atom. The number of nitrogens with one attached hydrogen (secondary N) is 3. The minimum Gasteiger partial charge on any atom is -0.373 e. The largest absolute Gasteiger partial charge is 0.373 e. The SMILES string of the molecule is C.CC(C)[Si](C(C)C)(C(C)C)n1cc(C2CCN(C)CC2)c2ccc(Nc3ccc(F)c(F)c3)cc21.CN1CCC(c2c[nH]c3cc(Nc4ccc(F)c(F)c4)ccc23)CC1. The van der Waals surface area contributed by atoms with Gasteiger partial charge in [0.15, 0.2) is 31.5 Å². The topological polar surface area (TPSA) is 51.3 Å². The second-order valence-electron chi connectivity index (χ2n) is 18.2. The number of nitrogens with zero attached hydrogens (tertiary/aromatic N) is 3. The molecule has 2 fully saturated rings. The molecule has 0 saturated carbocycles. The third-order valence-electron chi connectivity index (χ3n) is 13.5. The number of hydrogen-bond donors (Lipinski definition) is 3. The molecule has 0 bridgehead atoms. The molecule has 6 nitrogen and oxygen atoms in total. The van der Waals surface area contributed by atoms with Crippen LogP contribution in [-0.2, 0) is 0 Å². The third-order valence-corrected chi connectivity index (χ3v) is 20.2. The predicted octanol–water partition coefficient (Wildman–Crippen LogP) is 14.1. The highest BCUT2D eigenvalue weighted by Gasteiger charge is 2.46. The van der Waals surface area contributed by atoms with Gasteiger partial charge >= 0.3 is 0 Å². The fourth-order valence-electron chi connectivity index (χ4n) is 10.5. The van der Waals surface area contributed by atoms with Crippen molar-refractivity contribution in [1.29, 1.82) is 0 Å². The number of rotatable bonds is 10. The van der Waals surface area contributed by atoms with Crippen LogP contribution >= 0.6 is 0 Å². The lowest BCUT2D eigenvalue weighted by Gasteiger charge is -2.44. The standard InChI is InChI=1S/C29H41F2N3Si.C20H21F2N3.CH4/c1-19(2)35(20(3)4,21(5)6)34-18-26(22-12-14-33(7)15-13-22)25-10-8-24(17-29(25)34)32-23-9-11-27(30)28(31)16-23;1-25-8-6-13(7-9-25)17-12-23-20-11-15(2-4-16(17)20)24-14-3-5-18(21)19(22)10-14;/h8-11,16-22,32H,12-15H2,1-7H3;2-5,10-13,23-24H,6-9H2,1H3;1H4. The number of aromatic amines is 1. The van der Waals surface area contributed by atoms with Crippen molar-refractivity contribution >= 4 is 52.8 Å². The Bertz CT molecular complexity index is 2380. The number of anilines is 4. The molecule has 2 aliphatic rings. The zero-order valence-electron chi connectivity index (χ0n) is 36.5. The quantitative estimate of drug-likeness (QED) is 0.0949. The molecule has 0 spiro atoms. The van der Waals surface area contributed by atoms with Crippen LogP contribution in [0.4, 0.5) is 40.3 Å². The fraction of sp³-hybridized carbons (Fsp3) is 0.440. The van der Waals surface area contributed by atoms with Crippen LogP contribution in [0.5, 0.6) is 0 Å². The van der Waals surface area contributed by atoms with Crippen LogP contribution < -0.4 is 10.6 Å². The minimum absolute atomic E-state index is 0. The second kappa shape index (κ2) is 19.2. The molecule has 61 heavy (non-hydrogen) atoms. The maximum Gasteiger partial charge on any atom is 0.169 e. The molecule has 4 aromatic carbocycles. The van der Waals surface area contributed by atoms with Crippen molar-refractivity contribution in [3.8, 4) is 0 Å². The van der Waals surface area contributed by atoms with Crippen LogP contribution in [0.25, 0.3) is 21.8 Å². The summed E-state index contributed by atoms with van der Waals surface area (Å²) in [6.45, 7) is 18.9. The first kappa shape index (κ1) is 45.9. The molecule has 2 aliphatic heterocycles. The number of H-pyrrole nitrogens is 1. The summed E-state index contributed by atoms with van der Waals surface area (Å²) in [5, 5.41) is 9.02. The average Bonchev–Trinajstić information content (AvgIpc) is 3.80. The van der Waals surface area contributed by atoms with Gasteiger partial charge in [-0.1, -0.05) is 61.1 Å². The molecule has 11 heteroatoms. The van der Waals surface area contributed by atoms with E-state index in [2.05, 4.69) is 122 Å². The maximum absolute atomic E-state index is 13.8. The first-order valence-electron chi connectivity index (χ1n) is 21.7. The van der Waals surface area contributed by atoms with Gasteiger partial charge in [-0.25, -0.2) is 17.6 Å². The van der Waals surface area contributed by atoms with Gasteiger partial charge < -0.3 is 29.7 Å². The molecule has 0 unspecified atom stereocenters. The summed E-state index contributed by atoms with van der Waals surface area (Å²) in [7, 11) is 2.39. The molecule has 4 heterocycles. The lowest BCUT2D eigenvalue weighted by atomic mass is 9.89. The molecule has 2 aromatic heterocycles. The number of hydrogen-bond acceptors (Lipinski definition) is 4. The molecule has 6 aromatic rings. The van der Waals surface area contributed by atoms with E-state index < -0.39 is 31.5 Å². The lowest BCUT2D eigenvalue weighted by molar-refractivity contribution is 0.256. The third kappa shape index (κ3) is 9.59. The molecule has 0 aliphatic carbocycles. The highest BCUT2D eigenvalue weighted by Crippen LogP contribution is 2.47. The summed E-state index contributed by atoms with van der Waals surface area (Å²) >= 11 is 0. The smallest absolute Gasteiger partial charge is 0.169 e. The molecule has 8 rings (SSSR count). The molecule has 328 valence electrons. The number of benzene rings is 4. The van der Waals surface area contributed by atoms with Gasteiger partial charge in [-0.2, -0.15) is 0 Å². The van der Waals surface area contributed by atoms with E-state index >= 15 is 0 Å². The first-order chi connectivity index (χ1) is 28.6. The van der Waals surface area contributed by atoms with E-state index in [4.69, 9.17) is 0 Å². The summed E-state index contributed by atoms with van der Waals surface area (Å²) in [5.41, 5.74) is 9.73. The van der Waals surface area contributed by atoms with Gasteiger partial charge in [0.25, 0.3) is 0 Å². The molecule has 0 radical (unpaired) electrons. The molecule has 2 saturated heterocycles. The number of piperidine rings is 2. The van der Waals surface area contributed by atoms with E-state index in [9.17, 15) is 17.6 Å². The number of likely N-dealkylation sites (tertiary alicyclic amines) is 2. The molecule has 0 atom stereocenters. The Morgan fingerprint density at radius 3 is 1.46 bits per heavy atom. The first-order valence-corrected chi connectivity index (χ1v) is 23.9. The maximum atomic E-state index is 13.8. The van der Waals surface area contributed by atoms with Crippen LogP contribution in [0.2, 0.25) is 16.6 Å². The van der Waals surface area contributed by atoms with Gasteiger partial charge in [-0.05, 0) is 160 Å². The molecular formula is C50H66F4N6Si. The molecule has 0 amide bonds. The van der Waals surface area contributed by atoms with Crippen molar-refractivity contribution < 1.29 is 17.6 Å². The summed E-state index contributed by atoms with van der Waals surface area (Å²) in [4.78, 5) is 8.15. The predicted molar refractivity (Wildman–Crippen MR) is 252 cm³/mol. The number of aromatic nitrogens is 2. The monoisotopic (exact) mass is 855 g/mol. The number of halogens is 4. The van der Waals surface area contributed by atoms with E-state index in [1.54, 1.807) is 6.07 Å². The van der Waals surface area contributed by atoms with Gasteiger partial charge in [0, 0.05) is 62.9 Å². The Kier molecular flexibility index (Phi) is 14.5. The zero-order valence-corrected chi connectivity index (χ0v) is 37.5. The Morgan fingerprint density at radius 1 is 0.557 bits per heavy atom. The summed E-state index contributed by atoms with van der Waals surface area (Å²) < 4.78 is 56.4. The van der Waals surface area contributed by atoms with E-state index in [0.29, 0.717) is 39.8 Å². The van der Waals surface area contributed by atoms with E-state index in [-0.39, 0.29) is 7.43 Å². The Hall–Kier alpha value is -4.58. The van der Waals surface area contributed by atoms with E-state index in [1.807, 2.05) is 12.1 Å². The fourth-order valence-corrected chi connectivity index (χ4v) is 17.1. The summed E-state index contributed by atoms with van der Waals surface area (Å²) in [6.07, 6.45) is 9.35. The van der Waals surface area contributed by atoms with Gasteiger partial charge in [0.2, 0.25) is 0 Å². The Balaban J connectivity index is 0.000000211. The summed E-state index contributed by atoms with van der Waals surface area (Å²) in [5.74, 6) is -2.20. The van der Waals surface area contributed by atoms with Crippen LogP contribution in [0, 0.1) is 23.3 Å². The summed E-state index contributed by atoms with van der Waals surface area (Å²) in [6, 6.07) is 20.4. The molecule has 3 N–H and O–H groups in total. The van der Waals surface area contributed by atoms with Crippen LogP contribution in [0.15, 0.2) is 85.2 Å². The normalized spacial score (nSPS) is 16.0.